The molecule has 1 rings (SSSR count). The summed E-state index contributed by atoms with van der Waals surface area (Å²) < 4.78 is 11.1. The van der Waals surface area contributed by atoms with E-state index in [-0.39, 0.29) is 11.5 Å². The zero-order valence-corrected chi connectivity index (χ0v) is 13.2. The molecule has 0 bridgehead atoms. The van der Waals surface area contributed by atoms with Gasteiger partial charge in [-0.1, -0.05) is 39.8 Å². The minimum atomic E-state index is 0.263. The van der Waals surface area contributed by atoms with Gasteiger partial charge in [-0.15, -0.1) is 0 Å². The minimum Gasteiger partial charge on any atom is -0.491 e. The van der Waals surface area contributed by atoms with Gasteiger partial charge < -0.3 is 9.47 Å². The summed E-state index contributed by atoms with van der Waals surface area (Å²) in [5.74, 6) is 1.45. The quantitative estimate of drug-likeness (QED) is 0.697. The first-order chi connectivity index (χ1) is 8.80. The molecule has 1 atom stereocenters. The molecule has 0 fully saturated rings. The number of ether oxygens (including phenoxy) is 2. The van der Waals surface area contributed by atoms with Crippen LogP contribution >= 0.6 is 0 Å². The molecule has 2 nitrogen and oxygen atoms in total. The molecule has 0 aliphatic carbocycles. The molecule has 0 spiro atoms. The fraction of sp³-hybridized carbons (Fsp3) is 0.647. The van der Waals surface area contributed by atoms with Gasteiger partial charge in [0, 0.05) is 0 Å². The Kier molecular flexibility index (Phi) is 5.86. The van der Waals surface area contributed by atoms with Gasteiger partial charge >= 0.3 is 0 Å². The largest absolute Gasteiger partial charge is 0.491 e. The molecule has 0 aromatic heterocycles. The van der Waals surface area contributed by atoms with Crippen molar-refractivity contribution in [2.75, 3.05) is 13.2 Å². The zero-order chi connectivity index (χ0) is 14.5. The summed E-state index contributed by atoms with van der Waals surface area (Å²) in [5.41, 5.74) is 1.64. The van der Waals surface area contributed by atoms with Crippen molar-refractivity contribution in [1.82, 2.24) is 0 Å². The Bertz CT molecular complexity index is 360. The van der Waals surface area contributed by atoms with E-state index >= 15 is 0 Å². The molecule has 0 amide bonds. The molecule has 0 heterocycles. The van der Waals surface area contributed by atoms with Crippen LogP contribution in [0, 0.1) is 5.41 Å². The maximum Gasteiger partial charge on any atom is 0.119 e. The van der Waals surface area contributed by atoms with Crippen molar-refractivity contribution >= 4 is 0 Å². The molecule has 1 aromatic rings. The monoisotopic (exact) mass is 264 g/mol. The summed E-state index contributed by atoms with van der Waals surface area (Å²) in [5, 5.41) is 0. The Labute approximate surface area is 118 Å². The molecular weight excluding hydrogens is 236 g/mol. The van der Waals surface area contributed by atoms with E-state index in [9.17, 15) is 0 Å². The summed E-state index contributed by atoms with van der Waals surface area (Å²) in [6.07, 6.45) is 0.263. The van der Waals surface area contributed by atoms with Crippen molar-refractivity contribution in [3.63, 3.8) is 0 Å². The van der Waals surface area contributed by atoms with Crippen LogP contribution in [0.2, 0.25) is 0 Å². The van der Waals surface area contributed by atoms with Crippen molar-refractivity contribution in [3.05, 3.63) is 29.8 Å². The smallest absolute Gasteiger partial charge is 0.119 e. The van der Waals surface area contributed by atoms with Gasteiger partial charge in [0.05, 0.1) is 12.7 Å². The average molecular weight is 264 g/mol. The van der Waals surface area contributed by atoms with Crippen molar-refractivity contribution in [2.24, 2.45) is 5.41 Å². The van der Waals surface area contributed by atoms with Crippen LogP contribution in [0.4, 0.5) is 0 Å². The van der Waals surface area contributed by atoms with Gasteiger partial charge in [0.2, 0.25) is 0 Å². The third-order valence-corrected chi connectivity index (χ3v) is 3.48. The third kappa shape index (κ3) is 5.65. The van der Waals surface area contributed by atoms with E-state index in [0.717, 1.165) is 5.75 Å². The van der Waals surface area contributed by atoms with Crippen LogP contribution in [0.15, 0.2) is 24.3 Å². The highest BCUT2D eigenvalue weighted by Gasteiger charge is 2.21. The standard InChI is InChI=1S/C17H28O2/c1-13(2)18-11-12-19-16-9-7-15(8-10-16)14(3)17(4,5)6/h7-10,13-14H,11-12H2,1-6H3. The first-order valence-electron chi connectivity index (χ1n) is 7.15. The second-order valence-electron chi connectivity index (χ2n) is 6.42. The van der Waals surface area contributed by atoms with Crippen LogP contribution < -0.4 is 4.74 Å². The Balaban J connectivity index is 2.48. The lowest BCUT2D eigenvalue weighted by molar-refractivity contribution is 0.0552. The highest BCUT2D eigenvalue weighted by molar-refractivity contribution is 5.30. The van der Waals surface area contributed by atoms with Gasteiger partial charge in [0.1, 0.15) is 12.4 Å². The molecular formula is C17H28O2. The lowest BCUT2D eigenvalue weighted by atomic mass is 9.78. The Morgan fingerprint density at radius 1 is 0.947 bits per heavy atom. The van der Waals surface area contributed by atoms with E-state index in [4.69, 9.17) is 9.47 Å². The molecule has 0 aliphatic heterocycles. The van der Waals surface area contributed by atoms with Crippen LogP contribution in [-0.2, 0) is 4.74 Å². The fourth-order valence-electron chi connectivity index (χ4n) is 1.80. The van der Waals surface area contributed by atoms with Crippen LogP contribution in [0.5, 0.6) is 5.75 Å². The Hall–Kier alpha value is -1.02. The topological polar surface area (TPSA) is 18.5 Å². The molecule has 0 N–H and O–H groups in total. The lowest BCUT2D eigenvalue weighted by Gasteiger charge is -2.27. The van der Waals surface area contributed by atoms with Gasteiger partial charge in [-0.05, 0) is 42.9 Å². The number of rotatable bonds is 6. The first-order valence-corrected chi connectivity index (χ1v) is 7.15. The summed E-state index contributed by atoms with van der Waals surface area (Å²) in [7, 11) is 0. The van der Waals surface area contributed by atoms with Crippen molar-refractivity contribution < 1.29 is 9.47 Å². The maximum atomic E-state index is 5.65. The van der Waals surface area contributed by atoms with Crippen LogP contribution in [-0.4, -0.2) is 19.3 Å². The second kappa shape index (κ2) is 6.95. The highest BCUT2D eigenvalue weighted by atomic mass is 16.5. The van der Waals surface area contributed by atoms with Gasteiger partial charge in [-0.3, -0.25) is 0 Å². The summed E-state index contributed by atoms with van der Waals surface area (Å²) in [4.78, 5) is 0. The number of hydrogen-bond acceptors (Lipinski definition) is 2. The molecule has 0 saturated heterocycles. The van der Waals surface area contributed by atoms with Crippen molar-refractivity contribution in [2.45, 2.75) is 53.6 Å². The first kappa shape index (κ1) is 16.0. The number of benzene rings is 1. The molecule has 0 saturated carbocycles. The highest BCUT2D eigenvalue weighted by Crippen LogP contribution is 2.34. The predicted octanol–water partition coefficient (Wildman–Crippen LogP) is 4.64. The van der Waals surface area contributed by atoms with E-state index in [1.165, 1.54) is 5.56 Å². The minimum absolute atomic E-state index is 0.263. The summed E-state index contributed by atoms with van der Waals surface area (Å²) in [6.45, 7) is 14.4. The molecule has 0 aliphatic rings. The van der Waals surface area contributed by atoms with E-state index < -0.39 is 0 Å². The Morgan fingerprint density at radius 3 is 2.00 bits per heavy atom. The maximum absolute atomic E-state index is 5.65. The van der Waals surface area contributed by atoms with Gasteiger partial charge in [0.25, 0.3) is 0 Å². The SMILES string of the molecule is CC(C)OCCOc1ccc(C(C)C(C)(C)C)cc1. The molecule has 1 unspecified atom stereocenters. The second-order valence-corrected chi connectivity index (χ2v) is 6.42. The van der Waals surface area contributed by atoms with Crippen molar-refractivity contribution in [1.29, 1.82) is 0 Å². The van der Waals surface area contributed by atoms with Gasteiger partial charge in [-0.2, -0.15) is 0 Å². The number of hydrogen-bond donors (Lipinski definition) is 0. The molecule has 1 aromatic carbocycles. The van der Waals surface area contributed by atoms with E-state index in [0.29, 0.717) is 19.1 Å². The summed E-state index contributed by atoms with van der Waals surface area (Å²) >= 11 is 0. The van der Waals surface area contributed by atoms with Crippen LogP contribution in [0.1, 0.15) is 53.0 Å². The van der Waals surface area contributed by atoms with E-state index in [1.807, 2.05) is 26.0 Å². The fourth-order valence-corrected chi connectivity index (χ4v) is 1.80. The average Bonchev–Trinajstić information content (AvgIpc) is 2.33. The normalized spacial score (nSPS) is 13.6. The van der Waals surface area contributed by atoms with E-state index in [1.54, 1.807) is 0 Å². The summed E-state index contributed by atoms with van der Waals surface area (Å²) in [6, 6.07) is 8.42. The zero-order valence-electron chi connectivity index (χ0n) is 13.2. The van der Waals surface area contributed by atoms with Gasteiger partial charge in [0.15, 0.2) is 0 Å². The Morgan fingerprint density at radius 2 is 1.53 bits per heavy atom. The molecule has 19 heavy (non-hydrogen) atoms. The van der Waals surface area contributed by atoms with Crippen molar-refractivity contribution in [3.8, 4) is 5.75 Å². The van der Waals surface area contributed by atoms with Gasteiger partial charge in [-0.25, -0.2) is 0 Å². The van der Waals surface area contributed by atoms with Crippen LogP contribution in [0.25, 0.3) is 0 Å². The predicted molar refractivity (Wildman–Crippen MR) is 80.9 cm³/mol. The third-order valence-electron chi connectivity index (χ3n) is 3.48. The molecule has 0 radical (unpaired) electrons. The molecule has 108 valence electrons. The van der Waals surface area contributed by atoms with Crippen LogP contribution in [0.3, 0.4) is 0 Å². The van der Waals surface area contributed by atoms with E-state index in [2.05, 4.69) is 39.8 Å². The lowest BCUT2D eigenvalue weighted by Crippen LogP contribution is -2.15. The molecule has 2 heteroatoms.